The Morgan fingerprint density at radius 3 is 2.69 bits per heavy atom. The maximum Gasteiger partial charge on any atom is 0.102 e. The van der Waals surface area contributed by atoms with Gasteiger partial charge in [0.25, 0.3) is 0 Å². The average molecular weight is 181 g/mol. The molecule has 0 unspecified atom stereocenters. The second-order valence-corrected chi connectivity index (χ2v) is 3.12. The summed E-state index contributed by atoms with van der Waals surface area (Å²) >= 11 is 0. The first-order valence-electron chi connectivity index (χ1n) is 4.66. The van der Waals surface area contributed by atoms with Crippen molar-refractivity contribution in [2.24, 2.45) is 0 Å². The SMILES string of the molecule is Cc1ccccc1CCNCCF. The van der Waals surface area contributed by atoms with E-state index in [4.69, 9.17) is 0 Å². The number of benzene rings is 1. The first-order valence-corrected chi connectivity index (χ1v) is 4.66. The van der Waals surface area contributed by atoms with Crippen LogP contribution >= 0.6 is 0 Å². The number of rotatable bonds is 5. The first-order chi connectivity index (χ1) is 6.34. The predicted molar refractivity (Wildman–Crippen MR) is 53.7 cm³/mol. The van der Waals surface area contributed by atoms with Gasteiger partial charge in [0.2, 0.25) is 0 Å². The van der Waals surface area contributed by atoms with Crippen LogP contribution in [0, 0.1) is 6.92 Å². The lowest BCUT2D eigenvalue weighted by molar-refractivity contribution is 0.468. The molecule has 0 fully saturated rings. The number of halogens is 1. The van der Waals surface area contributed by atoms with E-state index in [9.17, 15) is 4.39 Å². The number of hydrogen-bond acceptors (Lipinski definition) is 1. The highest BCUT2D eigenvalue weighted by atomic mass is 19.1. The Bertz CT molecular complexity index is 248. The van der Waals surface area contributed by atoms with E-state index in [0.717, 1.165) is 13.0 Å². The Morgan fingerprint density at radius 1 is 1.23 bits per heavy atom. The maximum absolute atomic E-state index is 11.7. The van der Waals surface area contributed by atoms with Crippen LogP contribution in [0.4, 0.5) is 4.39 Å². The van der Waals surface area contributed by atoms with Crippen LogP contribution in [0.2, 0.25) is 0 Å². The fourth-order valence-corrected chi connectivity index (χ4v) is 1.31. The van der Waals surface area contributed by atoms with Crippen LogP contribution in [0.25, 0.3) is 0 Å². The van der Waals surface area contributed by atoms with E-state index in [1.165, 1.54) is 11.1 Å². The van der Waals surface area contributed by atoms with Gasteiger partial charge >= 0.3 is 0 Å². The summed E-state index contributed by atoms with van der Waals surface area (Å²) in [5, 5.41) is 3.04. The van der Waals surface area contributed by atoms with Crippen LogP contribution < -0.4 is 5.32 Å². The van der Waals surface area contributed by atoms with Crippen molar-refractivity contribution in [3.8, 4) is 0 Å². The van der Waals surface area contributed by atoms with Crippen molar-refractivity contribution in [1.29, 1.82) is 0 Å². The molecule has 0 saturated heterocycles. The fraction of sp³-hybridized carbons (Fsp3) is 0.455. The third-order valence-electron chi connectivity index (χ3n) is 2.10. The molecule has 1 aromatic carbocycles. The average Bonchev–Trinajstić information content (AvgIpc) is 2.15. The van der Waals surface area contributed by atoms with E-state index < -0.39 is 0 Å². The zero-order valence-corrected chi connectivity index (χ0v) is 8.02. The summed E-state index contributed by atoms with van der Waals surface area (Å²) in [6.45, 7) is 3.14. The van der Waals surface area contributed by atoms with Gasteiger partial charge in [-0.25, -0.2) is 4.39 Å². The van der Waals surface area contributed by atoms with E-state index in [2.05, 4.69) is 24.4 Å². The molecule has 0 atom stereocenters. The van der Waals surface area contributed by atoms with Gasteiger partial charge in [0, 0.05) is 6.54 Å². The highest BCUT2D eigenvalue weighted by Crippen LogP contribution is 2.06. The van der Waals surface area contributed by atoms with Crippen molar-refractivity contribution in [3.63, 3.8) is 0 Å². The van der Waals surface area contributed by atoms with E-state index >= 15 is 0 Å². The van der Waals surface area contributed by atoms with E-state index in [1.54, 1.807) is 0 Å². The third kappa shape index (κ3) is 3.55. The standard InChI is InChI=1S/C11H16FN/c1-10-4-2-3-5-11(10)6-8-13-9-7-12/h2-5,13H,6-9H2,1H3. The quantitative estimate of drug-likeness (QED) is 0.686. The Kier molecular flexibility index (Phi) is 4.47. The second kappa shape index (κ2) is 5.70. The van der Waals surface area contributed by atoms with E-state index in [1.807, 2.05) is 12.1 Å². The Morgan fingerprint density at radius 2 is 2.00 bits per heavy atom. The minimum Gasteiger partial charge on any atom is -0.314 e. The molecule has 1 nitrogen and oxygen atoms in total. The van der Waals surface area contributed by atoms with Crippen LogP contribution in [-0.2, 0) is 6.42 Å². The normalized spacial score (nSPS) is 10.3. The van der Waals surface area contributed by atoms with Crippen molar-refractivity contribution < 1.29 is 4.39 Å². The molecule has 0 aliphatic carbocycles. The zero-order chi connectivity index (χ0) is 9.52. The number of aryl methyl sites for hydroxylation is 1. The van der Waals surface area contributed by atoms with E-state index in [0.29, 0.717) is 6.54 Å². The number of alkyl halides is 1. The molecule has 1 N–H and O–H groups in total. The highest BCUT2D eigenvalue weighted by molar-refractivity contribution is 5.25. The smallest absolute Gasteiger partial charge is 0.102 e. The van der Waals surface area contributed by atoms with Crippen LogP contribution in [0.3, 0.4) is 0 Å². The molecule has 13 heavy (non-hydrogen) atoms. The second-order valence-electron chi connectivity index (χ2n) is 3.12. The molecule has 1 rings (SSSR count). The van der Waals surface area contributed by atoms with Crippen molar-refractivity contribution in [1.82, 2.24) is 5.32 Å². The third-order valence-corrected chi connectivity index (χ3v) is 2.10. The molecule has 0 saturated carbocycles. The Balaban J connectivity index is 2.32. The summed E-state index contributed by atoms with van der Waals surface area (Å²) in [4.78, 5) is 0. The van der Waals surface area contributed by atoms with Crippen LogP contribution in [-0.4, -0.2) is 19.8 Å². The monoisotopic (exact) mass is 181 g/mol. The topological polar surface area (TPSA) is 12.0 Å². The maximum atomic E-state index is 11.7. The van der Waals surface area contributed by atoms with Crippen LogP contribution in [0.1, 0.15) is 11.1 Å². The lowest BCUT2D eigenvalue weighted by Gasteiger charge is -2.05. The van der Waals surface area contributed by atoms with Crippen LogP contribution in [0.5, 0.6) is 0 Å². The van der Waals surface area contributed by atoms with Crippen LogP contribution in [0.15, 0.2) is 24.3 Å². The molecule has 0 aliphatic rings. The van der Waals surface area contributed by atoms with Gasteiger partial charge in [0.1, 0.15) is 6.67 Å². The Hall–Kier alpha value is -0.890. The molecule has 0 spiro atoms. The Labute approximate surface area is 79.0 Å². The molecule has 0 aromatic heterocycles. The fourth-order valence-electron chi connectivity index (χ4n) is 1.31. The number of nitrogens with one attached hydrogen (secondary N) is 1. The zero-order valence-electron chi connectivity index (χ0n) is 8.02. The molecular formula is C11H16FN. The van der Waals surface area contributed by atoms with Gasteiger partial charge in [-0.3, -0.25) is 0 Å². The predicted octanol–water partition coefficient (Wildman–Crippen LogP) is 2.10. The summed E-state index contributed by atoms with van der Waals surface area (Å²) in [5.41, 5.74) is 2.65. The first kappa shape index (κ1) is 10.2. The summed E-state index contributed by atoms with van der Waals surface area (Å²) in [5.74, 6) is 0. The summed E-state index contributed by atoms with van der Waals surface area (Å²) < 4.78 is 11.7. The minimum absolute atomic E-state index is 0.284. The van der Waals surface area contributed by atoms with Gasteiger partial charge in [-0.2, -0.15) is 0 Å². The summed E-state index contributed by atoms with van der Waals surface area (Å²) in [6, 6.07) is 8.29. The largest absolute Gasteiger partial charge is 0.314 e. The van der Waals surface area contributed by atoms with Gasteiger partial charge in [0.05, 0.1) is 0 Å². The van der Waals surface area contributed by atoms with Crippen molar-refractivity contribution in [2.45, 2.75) is 13.3 Å². The summed E-state index contributed by atoms with van der Waals surface area (Å²) in [7, 11) is 0. The van der Waals surface area contributed by atoms with Gasteiger partial charge in [-0.15, -0.1) is 0 Å². The molecule has 0 aliphatic heterocycles. The molecule has 0 amide bonds. The highest BCUT2D eigenvalue weighted by Gasteiger charge is 1.95. The molecule has 72 valence electrons. The lowest BCUT2D eigenvalue weighted by atomic mass is 10.1. The lowest BCUT2D eigenvalue weighted by Crippen LogP contribution is -2.19. The molecule has 0 bridgehead atoms. The molecule has 2 heteroatoms. The molecular weight excluding hydrogens is 165 g/mol. The summed E-state index contributed by atoms with van der Waals surface area (Å²) in [6.07, 6.45) is 0.979. The van der Waals surface area contributed by atoms with Crippen molar-refractivity contribution >= 4 is 0 Å². The van der Waals surface area contributed by atoms with E-state index in [-0.39, 0.29) is 6.67 Å². The van der Waals surface area contributed by atoms with Gasteiger partial charge in [-0.05, 0) is 31.0 Å². The van der Waals surface area contributed by atoms with Gasteiger partial charge in [0.15, 0.2) is 0 Å². The van der Waals surface area contributed by atoms with Crippen molar-refractivity contribution in [3.05, 3.63) is 35.4 Å². The number of hydrogen-bond donors (Lipinski definition) is 1. The minimum atomic E-state index is -0.284. The molecule has 0 radical (unpaired) electrons. The molecule has 0 heterocycles. The molecule has 1 aromatic rings. The van der Waals surface area contributed by atoms with Gasteiger partial charge in [-0.1, -0.05) is 24.3 Å². The van der Waals surface area contributed by atoms with Gasteiger partial charge < -0.3 is 5.32 Å². The van der Waals surface area contributed by atoms with Crippen molar-refractivity contribution in [2.75, 3.05) is 19.8 Å².